The maximum absolute atomic E-state index is 13.8. The van der Waals surface area contributed by atoms with Gasteiger partial charge >= 0.3 is 0 Å². The molecule has 4 N–H and O–H groups in total. The van der Waals surface area contributed by atoms with Crippen molar-refractivity contribution in [1.82, 2.24) is 21.3 Å². The molecule has 0 spiro atoms. The molecule has 12 heteroatoms. The fourth-order valence-electron chi connectivity index (χ4n) is 5.12. The first-order chi connectivity index (χ1) is 22.3. The number of hydrogen-bond acceptors (Lipinski definition) is 6. The van der Waals surface area contributed by atoms with E-state index in [1.807, 2.05) is 43.3 Å². The molecule has 1 fully saturated rings. The first-order valence-corrected chi connectivity index (χ1v) is 18.1. The number of nitrogens with one attached hydrogen (secondary N) is 4. The predicted molar refractivity (Wildman–Crippen MR) is 186 cm³/mol. The molecular weight excluding hydrogens is 638 g/mol. The largest absolute Gasteiger partial charge is 0.354 e. The Balaban J connectivity index is 1.57. The summed E-state index contributed by atoms with van der Waals surface area (Å²) in [5, 5.41) is 12.8. The summed E-state index contributed by atoms with van der Waals surface area (Å²) in [5.74, 6) is -0.477. The second-order valence-electron chi connectivity index (χ2n) is 12.2. The minimum atomic E-state index is -3.70. The zero-order valence-electron chi connectivity index (χ0n) is 27.3. The molecule has 3 aromatic carbocycles. The van der Waals surface area contributed by atoms with Crippen LogP contribution >= 0.6 is 11.6 Å². The third-order valence-electron chi connectivity index (χ3n) is 8.26. The number of halogens is 1. The predicted octanol–water partition coefficient (Wildman–Crippen LogP) is 4.46. The first kappa shape index (κ1) is 35.9. The summed E-state index contributed by atoms with van der Waals surface area (Å²) >= 11 is 6.14. The topological polar surface area (TPSA) is 137 Å². The lowest BCUT2D eigenvalue weighted by Crippen LogP contribution is -2.50. The third-order valence-corrected chi connectivity index (χ3v) is 9.70. The van der Waals surface area contributed by atoms with Crippen molar-refractivity contribution in [2.24, 2.45) is 5.92 Å². The number of sulfonamides is 1. The number of carbonyl (C=O) groups is 3. The average molecular weight is 682 g/mol. The molecule has 47 heavy (non-hydrogen) atoms. The minimum absolute atomic E-state index is 0.0663. The van der Waals surface area contributed by atoms with Gasteiger partial charge in [0.05, 0.1) is 24.0 Å². The highest BCUT2D eigenvalue weighted by atomic mass is 35.5. The second kappa shape index (κ2) is 16.3. The van der Waals surface area contributed by atoms with E-state index < -0.39 is 40.0 Å². The summed E-state index contributed by atoms with van der Waals surface area (Å²) in [4.78, 5) is 40.1. The normalized spacial score (nSPS) is 14.8. The van der Waals surface area contributed by atoms with E-state index in [1.54, 1.807) is 25.1 Å². The summed E-state index contributed by atoms with van der Waals surface area (Å²) in [6.45, 7) is 4.72. The average Bonchev–Trinajstić information content (AvgIpc) is 3.88. The van der Waals surface area contributed by atoms with E-state index >= 15 is 0 Å². The highest BCUT2D eigenvalue weighted by Gasteiger charge is 2.25. The minimum Gasteiger partial charge on any atom is -0.354 e. The molecule has 252 valence electrons. The lowest BCUT2D eigenvalue weighted by atomic mass is 10.0. The summed E-state index contributed by atoms with van der Waals surface area (Å²) in [5.41, 5.74) is 2.18. The summed E-state index contributed by atoms with van der Waals surface area (Å²) in [6, 6.07) is 19.9. The third kappa shape index (κ3) is 10.8. The van der Waals surface area contributed by atoms with Gasteiger partial charge < -0.3 is 21.3 Å². The lowest BCUT2D eigenvalue weighted by Gasteiger charge is -2.24. The summed E-state index contributed by atoms with van der Waals surface area (Å²) in [6.07, 6.45) is 4.39. The zero-order chi connectivity index (χ0) is 34.1. The Morgan fingerprint density at radius 1 is 0.936 bits per heavy atom. The van der Waals surface area contributed by atoms with Crippen LogP contribution in [0.2, 0.25) is 5.02 Å². The van der Waals surface area contributed by atoms with Gasteiger partial charge in [-0.05, 0) is 80.0 Å². The van der Waals surface area contributed by atoms with Crippen LogP contribution in [0.3, 0.4) is 0 Å². The van der Waals surface area contributed by atoms with Gasteiger partial charge in [-0.2, -0.15) is 0 Å². The highest BCUT2D eigenvalue weighted by Crippen LogP contribution is 2.27. The molecule has 0 heterocycles. The van der Waals surface area contributed by atoms with Gasteiger partial charge in [-0.3, -0.25) is 18.7 Å². The van der Waals surface area contributed by atoms with E-state index in [2.05, 4.69) is 21.3 Å². The number of hydrogen-bond donors (Lipinski definition) is 4. The number of nitrogens with zero attached hydrogens (tertiary/aromatic N) is 1. The van der Waals surface area contributed by atoms with Crippen molar-refractivity contribution in [1.29, 1.82) is 0 Å². The SMILES string of the molecule is CC[C@H](NC[C@@H](Cc1ccccc1)NC(=O)c1cc(C(=O)N[C@H](C)c2cccc(Cl)c2)cc(N(C)S(C)(=O)=O)c1)C(=O)NCC1CC1. The molecule has 3 aromatic rings. The Bertz CT molecular complexity index is 1670. The van der Waals surface area contributed by atoms with Crippen LogP contribution in [0, 0.1) is 5.92 Å². The molecule has 3 amide bonds. The van der Waals surface area contributed by atoms with Gasteiger partial charge in [0.15, 0.2) is 0 Å². The zero-order valence-corrected chi connectivity index (χ0v) is 28.8. The van der Waals surface area contributed by atoms with Crippen LogP contribution in [0.15, 0.2) is 72.8 Å². The van der Waals surface area contributed by atoms with Crippen LogP contribution in [-0.2, 0) is 21.2 Å². The molecule has 1 aliphatic rings. The molecule has 0 saturated heterocycles. The van der Waals surface area contributed by atoms with Crippen molar-refractivity contribution < 1.29 is 22.8 Å². The Morgan fingerprint density at radius 2 is 1.60 bits per heavy atom. The number of carbonyl (C=O) groups excluding carboxylic acids is 3. The van der Waals surface area contributed by atoms with Crippen LogP contribution in [-0.4, -0.2) is 64.6 Å². The fraction of sp³-hybridized carbons (Fsp3) is 0.400. The van der Waals surface area contributed by atoms with Gasteiger partial charge in [0.2, 0.25) is 15.9 Å². The molecule has 0 aliphatic heterocycles. The second-order valence-corrected chi connectivity index (χ2v) is 14.6. The van der Waals surface area contributed by atoms with E-state index in [1.165, 1.54) is 25.2 Å². The first-order valence-electron chi connectivity index (χ1n) is 15.8. The van der Waals surface area contributed by atoms with Crippen LogP contribution in [0.25, 0.3) is 0 Å². The van der Waals surface area contributed by atoms with Gasteiger partial charge in [0.1, 0.15) is 0 Å². The molecule has 0 radical (unpaired) electrons. The van der Waals surface area contributed by atoms with Crippen LogP contribution in [0.1, 0.15) is 71.0 Å². The van der Waals surface area contributed by atoms with Gasteiger partial charge in [-0.25, -0.2) is 8.42 Å². The molecule has 3 atom stereocenters. The van der Waals surface area contributed by atoms with Gasteiger partial charge in [-0.15, -0.1) is 0 Å². The molecule has 10 nitrogen and oxygen atoms in total. The molecule has 1 aliphatic carbocycles. The maximum atomic E-state index is 13.8. The maximum Gasteiger partial charge on any atom is 0.251 e. The van der Waals surface area contributed by atoms with Gasteiger partial charge in [-0.1, -0.05) is 61.0 Å². The number of rotatable bonds is 16. The molecule has 0 unspecified atom stereocenters. The Labute approximate surface area is 282 Å². The number of anilines is 1. The van der Waals surface area contributed by atoms with Crippen molar-refractivity contribution in [2.75, 3.05) is 30.7 Å². The molecule has 1 saturated carbocycles. The quantitative estimate of drug-likeness (QED) is 0.176. The monoisotopic (exact) mass is 681 g/mol. The fourth-order valence-corrected chi connectivity index (χ4v) is 5.81. The van der Waals surface area contributed by atoms with Gasteiger partial charge in [0.25, 0.3) is 11.8 Å². The van der Waals surface area contributed by atoms with Crippen molar-refractivity contribution in [2.45, 2.75) is 57.7 Å². The highest BCUT2D eigenvalue weighted by molar-refractivity contribution is 7.92. The van der Waals surface area contributed by atoms with E-state index in [4.69, 9.17) is 11.6 Å². The smallest absolute Gasteiger partial charge is 0.251 e. The van der Waals surface area contributed by atoms with E-state index in [0.717, 1.165) is 34.5 Å². The van der Waals surface area contributed by atoms with Crippen molar-refractivity contribution >= 4 is 45.0 Å². The number of amides is 3. The van der Waals surface area contributed by atoms with E-state index in [-0.39, 0.29) is 22.7 Å². The van der Waals surface area contributed by atoms with Crippen LogP contribution in [0.4, 0.5) is 5.69 Å². The molecule has 4 rings (SSSR count). The van der Waals surface area contributed by atoms with Crippen LogP contribution in [0.5, 0.6) is 0 Å². The Morgan fingerprint density at radius 3 is 2.19 bits per heavy atom. The molecule has 0 bridgehead atoms. The molecule has 0 aromatic heterocycles. The lowest BCUT2D eigenvalue weighted by molar-refractivity contribution is -0.123. The van der Waals surface area contributed by atoms with Crippen molar-refractivity contribution in [3.63, 3.8) is 0 Å². The number of benzene rings is 3. The van der Waals surface area contributed by atoms with E-state index in [9.17, 15) is 22.8 Å². The van der Waals surface area contributed by atoms with Crippen LogP contribution < -0.4 is 25.6 Å². The van der Waals surface area contributed by atoms with Gasteiger partial charge in [0, 0.05) is 42.3 Å². The molecular formula is C35H44ClN5O5S. The van der Waals surface area contributed by atoms with E-state index in [0.29, 0.717) is 36.9 Å². The van der Waals surface area contributed by atoms with Crippen molar-refractivity contribution in [3.05, 3.63) is 100 Å². The summed E-state index contributed by atoms with van der Waals surface area (Å²) in [7, 11) is -2.34. The Hall–Kier alpha value is -3.93. The Kier molecular flexibility index (Phi) is 12.4. The summed E-state index contributed by atoms with van der Waals surface area (Å²) < 4.78 is 25.9. The standard InChI is InChI=1S/C35H44ClN5O5S/c1-5-32(35(44)38-21-25-14-15-25)37-22-30(16-24-10-7-6-8-11-24)40-34(43)28-17-27(19-31(20-28)41(3)47(4,45)46)33(42)39-23(2)26-12-9-13-29(36)18-26/h6-13,17-20,23,25,30,32,37H,5,14-16,21-22H2,1-4H3,(H,38,44)(H,39,42)(H,40,43)/t23-,30-,32+/m1/s1. The van der Waals surface area contributed by atoms with Crippen molar-refractivity contribution in [3.8, 4) is 0 Å².